The van der Waals surface area contributed by atoms with Crippen LogP contribution < -0.4 is 0 Å². The molecule has 0 spiro atoms. The first-order valence-corrected chi connectivity index (χ1v) is 9.43. The molecule has 0 N–H and O–H groups in total. The number of allylic oxidation sites excluding steroid dienone is 1. The lowest BCUT2D eigenvalue weighted by molar-refractivity contribution is -0.250. The van der Waals surface area contributed by atoms with Gasteiger partial charge in [-0.25, -0.2) is 9.59 Å². The quantitative estimate of drug-likeness (QED) is 0.586. The Morgan fingerprint density at radius 3 is 2.25 bits per heavy atom. The van der Waals surface area contributed by atoms with Crippen molar-refractivity contribution in [3.05, 3.63) is 46.5 Å². The number of hydrogen-bond donors (Lipinski definition) is 0. The minimum atomic E-state index is -0.776. The van der Waals surface area contributed by atoms with Crippen molar-refractivity contribution in [1.29, 1.82) is 0 Å². The molecular weight excluding hydrogens is 362 g/mol. The molecule has 0 radical (unpaired) electrons. The van der Waals surface area contributed by atoms with Gasteiger partial charge in [-0.05, 0) is 24.0 Å². The van der Waals surface area contributed by atoms with E-state index in [2.05, 4.69) is 0 Å². The molecule has 144 valence electrons. The summed E-state index contributed by atoms with van der Waals surface area (Å²) < 4.78 is 4.90. The van der Waals surface area contributed by atoms with Crippen molar-refractivity contribution < 1.29 is 28.8 Å². The molecule has 4 aliphatic rings. The highest BCUT2D eigenvalue weighted by Crippen LogP contribution is 2.82. The predicted octanol–water partition coefficient (Wildman–Crippen LogP) is 2.13. The number of fused-ring (bicyclic) bond motifs is 1. The molecule has 0 saturated heterocycles. The summed E-state index contributed by atoms with van der Waals surface area (Å²) in [7, 11) is 1.36. The number of benzene rings is 1. The first-order valence-electron chi connectivity index (χ1n) is 9.43. The summed E-state index contributed by atoms with van der Waals surface area (Å²) in [5, 5.41) is 0.579. The molecule has 7 heteroatoms. The molecule has 5 atom stereocenters. The van der Waals surface area contributed by atoms with Crippen LogP contribution in [0.1, 0.15) is 41.0 Å². The number of carbonyl (C=O) groups excluding carboxylic acids is 4. The van der Waals surface area contributed by atoms with Crippen molar-refractivity contribution in [2.24, 2.45) is 29.1 Å². The molecule has 1 aliphatic heterocycles. The van der Waals surface area contributed by atoms with Crippen molar-refractivity contribution in [3.8, 4) is 0 Å². The van der Waals surface area contributed by atoms with Gasteiger partial charge in [0.25, 0.3) is 11.8 Å². The van der Waals surface area contributed by atoms with Gasteiger partial charge in [-0.3, -0.25) is 9.59 Å². The van der Waals surface area contributed by atoms with Crippen molar-refractivity contribution in [2.75, 3.05) is 7.11 Å². The molecule has 0 bridgehead atoms. The second kappa shape index (κ2) is 5.31. The number of ether oxygens (including phenoxy) is 1. The summed E-state index contributed by atoms with van der Waals surface area (Å²) >= 11 is 0. The number of methoxy groups -OCH3 is 1. The van der Waals surface area contributed by atoms with Crippen LogP contribution in [0.2, 0.25) is 0 Å². The fourth-order valence-corrected chi connectivity index (χ4v) is 6.10. The average molecular weight is 381 g/mol. The fourth-order valence-electron chi connectivity index (χ4n) is 6.10. The Balaban J connectivity index is 1.44. The molecule has 1 aromatic rings. The second-order valence-electron chi connectivity index (χ2n) is 7.86. The Morgan fingerprint density at radius 2 is 1.75 bits per heavy atom. The van der Waals surface area contributed by atoms with Gasteiger partial charge in [0.05, 0.1) is 23.7 Å². The molecule has 5 rings (SSSR count). The Labute approximate surface area is 161 Å². The number of imide groups is 1. The molecule has 3 aliphatic carbocycles. The third-order valence-corrected chi connectivity index (χ3v) is 7.21. The standard InChI is InChI=1S/C21H19NO6/c1-4-12-14-15(19(25)27-3)13-9(2)21(12,16(13)14)20(26)28-22-17(23)10-7-5-6-8-11(10)18(22)24/h5-9,12,14,16H,4H2,1-3H3. The maximum Gasteiger partial charge on any atom is 0.340 e. The Hall–Kier alpha value is -2.96. The molecule has 2 fully saturated rings. The number of hydrogen-bond acceptors (Lipinski definition) is 6. The van der Waals surface area contributed by atoms with Gasteiger partial charge in [0.15, 0.2) is 0 Å². The normalized spacial score (nSPS) is 34.0. The molecule has 2 amide bonds. The van der Waals surface area contributed by atoms with E-state index in [1.54, 1.807) is 12.1 Å². The van der Waals surface area contributed by atoms with E-state index in [1.807, 2.05) is 13.8 Å². The third kappa shape index (κ3) is 1.58. The van der Waals surface area contributed by atoms with E-state index in [0.717, 1.165) is 5.57 Å². The van der Waals surface area contributed by atoms with Gasteiger partial charge >= 0.3 is 11.9 Å². The van der Waals surface area contributed by atoms with Crippen molar-refractivity contribution >= 4 is 23.8 Å². The zero-order chi connectivity index (χ0) is 20.0. The van der Waals surface area contributed by atoms with Crippen molar-refractivity contribution in [1.82, 2.24) is 5.06 Å². The first kappa shape index (κ1) is 17.2. The molecule has 0 aromatic heterocycles. The van der Waals surface area contributed by atoms with Gasteiger partial charge < -0.3 is 9.57 Å². The van der Waals surface area contributed by atoms with E-state index in [0.29, 0.717) is 17.1 Å². The summed E-state index contributed by atoms with van der Waals surface area (Å²) in [5.74, 6) is -2.44. The molecular formula is C21H19NO6. The van der Waals surface area contributed by atoms with E-state index >= 15 is 0 Å². The van der Waals surface area contributed by atoms with Crippen LogP contribution in [0.3, 0.4) is 0 Å². The molecule has 28 heavy (non-hydrogen) atoms. The maximum absolute atomic E-state index is 13.2. The highest BCUT2D eigenvalue weighted by Gasteiger charge is 2.84. The Kier molecular flexibility index (Phi) is 3.25. The van der Waals surface area contributed by atoms with Crippen LogP contribution in [0.4, 0.5) is 0 Å². The Bertz CT molecular complexity index is 975. The number of rotatable bonds is 4. The summed E-state index contributed by atoms with van der Waals surface area (Å²) in [6.45, 7) is 3.87. The van der Waals surface area contributed by atoms with Gasteiger partial charge in [-0.1, -0.05) is 43.0 Å². The zero-order valence-electron chi connectivity index (χ0n) is 15.7. The molecule has 5 unspecified atom stereocenters. The summed E-state index contributed by atoms with van der Waals surface area (Å²) in [6, 6.07) is 6.39. The molecule has 2 saturated carbocycles. The highest BCUT2D eigenvalue weighted by atomic mass is 16.7. The van der Waals surface area contributed by atoms with Gasteiger partial charge in [-0.15, -0.1) is 0 Å². The van der Waals surface area contributed by atoms with Gasteiger partial charge in [0, 0.05) is 17.4 Å². The van der Waals surface area contributed by atoms with Crippen LogP contribution in [0.5, 0.6) is 0 Å². The third-order valence-electron chi connectivity index (χ3n) is 7.21. The maximum atomic E-state index is 13.2. The van der Waals surface area contributed by atoms with Crippen LogP contribution in [0, 0.1) is 29.1 Å². The fraction of sp³-hybridized carbons (Fsp3) is 0.429. The number of esters is 1. The first-order chi connectivity index (χ1) is 13.4. The smallest absolute Gasteiger partial charge is 0.340 e. The topological polar surface area (TPSA) is 90.0 Å². The van der Waals surface area contributed by atoms with Crippen LogP contribution in [0.15, 0.2) is 35.4 Å². The minimum Gasteiger partial charge on any atom is -0.466 e. The number of carbonyl (C=O) groups is 4. The highest BCUT2D eigenvalue weighted by molar-refractivity contribution is 6.21. The molecule has 1 heterocycles. The van der Waals surface area contributed by atoms with Crippen LogP contribution in [-0.4, -0.2) is 35.9 Å². The molecule has 7 nitrogen and oxygen atoms in total. The largest absolute Gasteiger partial charge is 0.466 e. The Morgan fingerprint density at radius 1 is 1.14 bits per heavy atom. The van der Waals surface area contributed by atoms with E-state index in [1.165, 1.54) is 19.2 Å². The summed E-state index contributed by atoms with van der Waals surface area (Å²) in [6.07, 6.45) is 0.691. The lowest BCUT2D eigenvalue weighted by atomic mass is 9.24. The van der Waals surface area contributed by atoms with Crippen LogP contribution in [-0.2, 0) is 19.2 Å². The molecule has 1 aromatic carbocycles. The number of amides is 2. The monoisotopic (exact) mass is 381 g/mol. The van der Waals surface area contributed by atoms with Gasteiger partial charge in [0.2, 0.25) is 0 Å². The van der Waals surface area contributed by atoms with Crippen molar-refractivity contribution in [2.45, 2.75) is 20.3 Å². The van der Waals surface area contributed by atoms with Crippen molar-refractivity contribution in [3.63, 3.8) is 0 Å². The number of nitrogens with zero attached hydrogens (tertiary/aromatic N) is 1. The van der Waals surface area contributed by atoms with E-state index in [-0.39, 0.29) is 40.8 Å². The zero-order valence-corrected chi connectivity index (χ0v) is 15.7. The van der Waals surface area contributed by atoms with E-state index in [9.17, 15) is 19.2 Å². The lowest BCUT2D eigenvalue weighted by Gasteiger charge is -2.77. The van der Waals surface area contributed by atoms with Crippen LogP contribution in [0.25, 0.3) is 0 Å². The van der Waals surface area contributed by atoms with Crippen LogP contribution >= 0.6 is 0 Å². The van der Waals surface area contributed by atoms with E-state index in [4.69, 9.17) is 9.57 Å². The minimum absolute atomic E-state index is 0.00150. The van der Waals surface area contributed by atoms with Gasteiger partial charge in [0.1, 0.15) is 0 Å². The summed E-state index contributed by atoms with van der Waals surface area (Å²) in [4.78, 5) is 55.7. The van der Waals surface area contributed by atoms with Gasteiger partial charge in [-0.2, -0.15) is 0 Å². The second-order valence-corrected chi connectivity index (χ2v) is 7.86. The average Bonchev–Trinajstić information content (AvgIpc) is 2.92. The summed E-state index contributed by atoms with van der Waals surface area (Å²) in [5.41, 5.74) is 1.34. The SMILES string of the molecule is CCC1C2C(C(=O)OC)=C3C(C)C1(C(=O)ON1C(=O)c4ccccc4C1=O)C32. The van der Waals surface area contributed by atoms with E-state index < -0.39 is 23.2 Å². The lowest BCUT2D eigenvalue weighted by Crippen LogP contribution is -2.79. The predicted molar refractivity (Wildman–Crippen MR) is 94.4 cm³/mol. The number of hydroxylamine groups is 2.